The number of rotatable bonds is 2. The van der Waals surface area contributed by atoms with Gasteiger partial charge in [0.2, 0.25) is 0 Å². The number of halogens is 3. The van der Waals surface area contributed by atoms with Crippen molar-refractivity contribution in [3.05, 3.63) is 53.1 Å². The number of aliphatic hydroxyl groups is 2. The van der Waals surface area contributed by atoms with Crippen molar-refractivity contribution in [2.45, 2.75) is 18.4 Å². The van der Waals surface area contributed by atoms with E-state index >= 15 is 0 Å². The van der Waals surface area contributed by atoms with E-state index in [2.05, 4.69) is 0 Å². The van der Waals surface area contributed by atoms with Crippen LogP contribution < -0.4 is 0 Å². The Labute approximate surface area is 112 Å². The van der Waals surface area contributed by atoms with Gasteiger partial charge in [0.15, 0.2) is 5.78 Å². The molecule has 2 unspecified atom stereocenters. The summed E-state index contributed by atoms with van der Waals surface area (Å²) in [6.45, 7) is 0. The van der Waals surface area contributed by atoms with Gasteiger partial charge in [0.05, 0.1) is 5.56 Å². The summed E-state index contributed by atoms with van der Waals surface area (Å²) < 4.78 is 37.1. The molecule has 106 valence electrons. The maximum atomic E-state index is 12.4. The number of benzene rings is 1. The van der Waals surface area contributed by atoms with Crippen LogP contribution >= 0.6 is 0 Å². The van der Waals surface area contributed by atoms with Crippen LogP contribution in [0.5, 0.6) is 0 Å². The third kappa shape index (κ3) is 2.97. The lowest BCUT2D eigenvalue weighted by molar-refractivity contribution is -0.137. The largest absolute Gasteiger partial charge is 0.416 e. The second-order valence-electron chi connectivity index (χ2n) is 4.39. The van der Waals surface area contributed by atoms with Gasteiger partial charge in [0.25, 0.3) is 0 Å². The molecule has 3 nitrogen and oxygen atoms in total. The van der Waals surface area contributed by atoms with Crippen LogP contribution in [0.3, 0.4) is 0 Å². The molecule has 1 aromatic rings. The molecular formula is C14H11F3O3. The minimum atomic E-state index is -4.39. The van der Waals surface area contributed by atoms with Crippen molar-refractivity contribution >= 4 is 11.9 Å². The van der Waals surface area contributed by atoms with E-state index in [1.54, 1.807) is 0 Å². The van der Waals surface area contributed by atoms with Crippen LogP contribution in [-0.2, 0) is 11.0 Å². The molecule has 6 heteroatoms. The highest BCUT2D eigenvalue weighted by Gasteiger charge is 2.31. The predicted molar refractivity (Wildman–Crippen MR) is 65.6 cm³/mol. The number of hydrogen-bond acceptors (Lipinski definition) is 3. The number of carbonyl (C=O) groups is 1. The lowest BCUT2D eigenvalue weighted by Crippen LogP contribution is -2.27. The highest BCUT2D eigenvalue weighted by molar-refractivity contribution is 5.98. The van der Waals surface area contributed by atoms with Crippen molar-refractivity contribution < 1.29 is 28.2 Å². The summed E-state index contributed by atoms with van der Waals surface area (Å²) in [6.07, 6.45) is -3.20. The Balaban J connectivity index is 2.13. The van der Waals surface area contributed by atoms with Crippen LogP contribution in [0.2, 0.25) is 0 Å². The quantitative estimate of drug-likeness (QED) is 0.872. The molecule has 0 fully saturated rings. The molecule has 1 aromatic carbocycles. The first-order valence-electron chi connectivity index (χ1n) is 5.76. The predicted octanol–water partition coefficient (Wildman–Crippen LogP) is 1.95. The van der Waals surface area contributed by atoms with Crippen LogP contribution in [0.4, 0.5) is 13.2 Å². The van der Waals surface area contributed by atoms with Crippen LogP contribution in [-0.4, -0.2) is 28.2 Å². The molecule has 0 bridgehead atoms. The Morgan fingerprint density at radius 3 is 2.05 bits per heavy atom. The molecule has 0 heterocycles. The molecule has 0 saturated heterocycles. The third-order valence-corrected chi connectivity index (χ3v) is 2.95. The Hall–Kier alpha value is -1.92. The summed E-state index contributed by atoms with van der Waals surface area (Å²) in [5, 5.41) is 18.8. The smallest absolute Gasteiger partial charge is 0.385 e. The second kappa shape index (κ2) is 5.22. The Kier molecular flexibility index (Phi) is 3.78. The van der Waals surface area contributed by atoms with Gasteiger partial charge in [-0.15, -0.1) is 0 Å². The van der Waals surface area contributed by atoms with Gasteiger partial charge in [-0.05, 0) is 29.3 Å². The second-order valence-corrected chi connectivity index (χ2v) is 4.39. The van der Waals surface area contributed by atoms with E-state index in [0.717, 1.165) is 18.2 Å². The molecule has 2 atom stereocenters. The lowest BCUT2D eigenvalue weighted by Gasteiger charge is -2.08. The van der Waals surface area contributed by atoms with Gasteiger partial charge in [-0.3, -0.25) is 4.79 Å². The van der Waals surface area contributed by atoms with E-state index < -0.39 is 29.7 Å². The fraction of sp³-hybridized carbons (Fsp3) is 0.214. The fourth-order valence-electron chi connectivity index (χ4n) is 1.80. The van der Waals surface area contributed by atoms with Crippen molar-refractivity contribution in [1.82, 2.24) is 0 Å². The Morgan fingerprint density at radius 1 is 1.00 bits per heavy atom. The summed E-state index contributed by atoms with van der Waals surface area (Å²) in [6, 6.07) is 4.44. The molecule has 20 heavy (non-hydrogen) atoms. The number of hydrogen-bond donors (Lipinski definition) is 2. The van der Waals surface area contributed by atoms with E-state index in [9.17, 15) is 28.2 Å². The Bertz CT molecular complexity index is 570. The van der Waals surface area contributed by atoms with E-state index in [1.807, 2.05) is 0 Å². The normalized spacial score (nSPS) is 23.4. The third-order valence-electron chi connectivity index (χ3n) is 2.95. The van der Waals surface area contributed by atoms with Gasteiger partial charge in [-0.1, -0.05) is 24.3 Å². The molecule has 0 aromatic heterocycles. The summed E-state index contributed by atoms with van der Waals surface area (Å²) in [7, 11) is 0. The number of ketones is 1. The van der Waals surface area contributed by atoms with Crippen LogP contribution in [0, 0.1) is 0 Å². The molecule has 0 amide bonds. The number of aliphatic hydroxyl groups excluding tert-OH is 2. The lowest BCUT2D eigenvalue weighted by atomic mass is 10.1. The maximum absolute atomic E-state index is 12.4. The minimum Gasteiger partial charge on any atom is -0.385 e. The van der Waals surface area contributed by atoms with Crippen molar-refractivity contribution in [2.75, 3.05) is 0 Å². The topological polar surface area (TPSA) is 57.5 Å². The van der Waals surface area contributed by atoms with Crippen molar-refractivity contribution in [3.8, 4) is 0 Å². The maximum Gasteiger partial charge on any atom is 0.416 e. The van der Waals surface area contributed by atoms with Gasteiger partial charge in [0, 0.05) is 0 Å². The number of carbonyl (C=O) groups excluding carboxylic acids is 1. The SMILES string of the molecule is O=C1C=C(C=Cc2ccc(C(F)(F)F)cc2)C(O)C1O. The van der Waals surface area contributed by atoms with Gasteiger partial charge >= 0.3 is 6.18 Å². The average Bonchev–Trinajstić information content (AvgIpc) is 2.63. The molecule has 0 radical (unpaired) electrons. The van der Waals surface area contributed by atoms with Crippen LogP contribution in [0.15, 0.2) is 42.0 Å². The molecule has 1 aliphatic carbocycles. The Morgan fingerprint density at radius 2 is 1.60 bits per heavy atom. The summed E-state index contributed by atoms with van der Waals surface area (Å²) in [5.41, 5.74) is -0.0392. The van der Waals surface area contributed by atoms with Crippen molar-refractivity contribution in [3.63, 3.8) is 0 Å². The van der Waals surface area contributed by atoms with Crippen LogP contribution in [0.25, 0.3) is 6.08 Å². The molecule has 1 aliphatic rings. The first-order chi connectivity index (χ1) is 9.29. The highest BCUT2D eigenvalue weighted by Crippen LogP contribution is 2.29. The minimum absolute atomic E-state index is 0.224. The zero-order valence-corrected chi connectivity index (χ0v) is 10.1. The molecule has 2 rings (SSSR count). The fourth-order valence-corrected chi connectivity index (χ4v) is 1.80. The average molecular weight is 284 g/mol. The standard InChI is InChI=1S/C14H11F3O3/c15-14(16,17)10-5-2-8(3-6-10)1-4-9-7-11(18)13(20)12(9)19/h1-7,12-13,19-20H. The molecule has 2 N–H and O–H groups in total. The molecule has 0 aliphatic heterocycles. The van der Waals surface area contributed by atoms with E-state index in [0.29, 0.717) is 5.56 Å². The number of alkyl halides is 3. The molecule has 0 saturated carbocycles. The molecule has 0 spiro atoms. The van der Waals surface area contributed by atoms with Gasteiger partial charge < -0.3 is 10.2 Å². The van der Waals surface area contributed by atoms with E-state index in [1.165, 1.54) is 24.3 Å². The van der Waals surface area contributed by atoms with Gasteiger partial charge in [-0.25, -0.2) is 0 Å². The summed E-state index contributed by atoms with van der Waals surface area (Å²) in [5.74, 6) is -0.593. The zero-order chi connectivity index (χ0) is 14.9. The zero-order valence-electron chi connectivity index (χ0n) is 10.1. The summed E-state index contributed by atoms with van der Waals surface area (Å²) >= 11 is 0. The first-order valence-corrected chi connectivity index (χ1v) is 5.76. The van der Waals surface area contributed by atoms with Crippen molar-refractivity contribution in [1.29, 1.82) is 0 Å². The van der Waals surface area contributed by atoms with Gasteiger partial charge in [-0.2, -0.15) is 13.2 Å². The summed E-state index contributed by atoms with van der Waals surface area (Å²) in [4.78, 5) is 11.1. The molecular weight excluding hydrogens is 273 g/mol. The van der Waals surface area contributed by atoms with Gasteiger partial charge in [0.1, 0.15) is 12.2 Å². The van der Waals surface area contributed by atoms with E-state index in [-0.39, 0.29) is 5.57 Å². The van der Waals surface area contributed by atoms with Crippen LogP contribution in [0.1, 0.15) is 11.1 Å². The van der Waals surface area contributed by atoms with Crippen molar-refractivity contribution in [2.24, 2.45) is 0 Å². The first kappa shape index (κ1) is 14.5. The monoisotopic (exact) mass is 284 g/mol. The highest BCUT2D eigenvalue weighted by atomic mass is 19.4. The van der Waals surface area contributed by atoms with E-state index in [4.69, 9.17) is 0 Å².